The first-order chi connectivity index (χ1) is 12.9. The number of carbonyl (C=O) groups excluding carboxylic acids is 1. The van der Waals surface area contributed by atoms with Crippen molar-refractivity contribution in [3.8, 4) is 0 Å². The zero-order chi connectivity index (χ0) is 19.1. The molecule has 1 aromatic heterocycles. The van der Waals surface area contributed by atoms with Gasteiger partial charge in [-0.1, -0.05) is 41.9 Å². The standard InChI is InChI=1S/C18H20ClN3O3S2/c19-15-6-7-16(26-15)27(24,25)22-10-8-18(9-11-22)20-14(17(23)21-18)12-13-4-2-1-3-5-13/h1-7,14,20H,8-12H2,(H,21,23). The van der Waals surface area contributed by atoms with E-state index in [-0.39, 0.29) is 16.2 Å². The number of piperidine rings is 1. The molecule has 0 radical (unpaired) electrons. The van der Waals surface area contributed by atoms with Gasteiger partial charge < -0.3 is 5.32 Å². The Labute approximate surface area is 167 Å². The lowest BCUT2D eigenvalue weighted by Gasteiger charge is -2.38. The number of nitrogens with zero attached hydrogens (tertiary/aromatic N) is 1. The van der Waals surface area contributed by atoms with Crippen molar-refractivity contribution in [2.24, 2.45) is 0 Å². The Morgan fingerprint density at radius 3 is 2.48 bits per heavy atom. The molecule has 1 atom stereocenters. The van der Waals surface area contributed by atoms with Crippen LogP contribution in [0.4, 0.5) is 0 Å². The number of hydrogen-bond acceptors (Lipinski definition) is 5. The van der Waals surface area contributed by atoms with Crippen LogP contribution in [0.1, 0.15) is 18.4 Å². The van der Waals surface area contributed by atoms with Gasteiger partial charge in [0, 0.05) is 13.1 Å². The van der Waals surface area contributed by atoms with Gasteiger partial charge in [0.1, 0.15) is 4.21 Å². The van der Waals surface area contributed by atoms with Gasteiger partial charge in [-0.25, -0.2) is 8.42 Å². The summed E-state index contributed by atoms with van der Waals surface area (Å²) in [6, 6.07) is 12.7. The van der Waals surface area contributed by atoms with Crippen LogP contribution in [0.2, 0.25) is 4.34 Å². The van der Waals surface area contributed by atoms with Crippen LogP contribution in [-0.4, -0.2) is 43.4 Å². The number of hydrogen-bond donors (Lipinski definition) is 2. The van der Waals surface area contributed by atoms with E-state index in [0.29, 0.717) is 36.7 Å². The molecule has 0 aliphatic carbocycles. The van der Waals surface area contributed by atoms with Crippen molar-refractivity contribution in [3.05, 3.63) is 52.4 Å². The predicted octanol–water partition coefficient (Wildman–Crippen LogP) is 2.21. The fourth-order valence-corrected chi connectivity index (χ4v) is 6.77. The number of rotatable bonds is 4. The molecular formula is C18H20ClN3O3S2. The fourth-order valence-electron chi connectivity index (χ4n) is 3.69. The maximum Gasteiger partial charge on any atom is 0.252 e. The minimum absolute atomic E-state index is 0.0276. The molecule has 4 rings (SSSR count). The molecule has 3 heterocycles. The summed E-state index contributed by atoms with van der Waals surface area (Å²) in [6.07, 6.45) is 1.68. The van der Waals surface area contributed by atoms with Crippen LogP contribution < -0.4 is 10.6 Å². The van der Waals surface area contributed by atoms with Gasteiger partial charge in [-0.05, 0) is 37.0 Å². The van der Waals surface area contributed by atoms with Gasteiger partial charge in [-0.2, -0.15) is 4.31 Å². The van der Waals surface area contributed by atoms with Gasteiger partial charge in [-0.3, -0.25) is 10.1 Å². The highest BCUT2D eigenvalue weighted by atomic mass is 35.5. The molecule has 2 aromatic rings. The van der Waals surface area contributed by atoms with Crippen molar-refractivity contribution in [3.63, 3.8) is 0 Å². The summed E-state index contributed by atoms with van der Waals surface area (Å²) >= 11 is 6.95. The molecule has 2 aliphatic heterocycles. The zero-order valence-electron chi connectivity index (χ0n) is 14.5. The lowest BCUT2D eigenvalue weighted by molar-refractivity contribution is -0.121. The molecule has 1 aromatic carbocycles. The summed E-state index contributed by atoms with van der Waals surface area (Å²) in [5, 5.41) is 6.49. The maximum atomic E-state index is 12.7. The average Bonchev–Trinajstić information content (AvgIpc) is 3.21. The highest BCUT2D eigenvalue weighted by Crippen LogP contribution is 2.32. The number of benzene rings is 1. The molecule has 2 fully saturated rings. The largest absolute Gasteiger partial charge is 0.337 e. The van der Waals surface area contributed by atoms with Crippen LogP contribution in [0.25, 0.3) is 0 Å². The highest BCUT2D eigenvalue weighted by molar-refractivity contribution is 7.91. The second-order valence-electron chi connectivity index (χ2n) is 6.92. The third-order valence-corrected chi connectivity index (χ3v) is 8.73. The monoisotopic (exact) mass is 425 g/mol. The minimum atomic E-state index is -3.54. The van der Waals surface area contributed by atoms with Crippen LogP contribution in [0.15, 0.2) is 46.7 Å². The van der Waals surface area contributed by atoms with Crippen molar-refractivity contribution in [2.75, 3.05) is 13.1 Å². The number of halogens is 1. The summed E-state index contributed by atoms with van der Waals surface area (Å²) in [7, 11) is -3.54. The Morgan fingerprint density at radius 2 is 1.85 bits per heavy atom. The second kappa shape index (κ2) is 7.18. The van der Waals surface area contributed by atoms with Gasteiger partial charge in [0.2, 0.25) is 5.91 Å². The van der Waals surface area contributed by atoms with E-state index in [1.807, 2.05) is 30.3 Å². The number of amides is 1. The minimum Gasteiger partial charge on any atom is -0.337 e. The summed E-state index contributed by atoms with van der Waals surface area (Å²) < 4.78 is 27.7. The van der Waals surface area contributed by atoms with Gasteiger partial charge in [0.15, 0.2) is 0 Å². The molecule has 1 spiro atoms. The summed E-state index contributed by atoms with van der Waals surface area (Å²) in [6.45, 7) is 0.701. The van der Waals surface area contributed by atoms with Gasteiger partial charge in [-0.15, -0.1) is 11.3 Å². The first-order valence-electron chi connectivity index (χ1n) is 8.77. The van der Waals surface area contributed by atoms with E-state index in [9.17, 15) is 13.2 Å². The molecule has 144 valence electrons. The highest BCUT2D eigenvalue weighted by Gasteiger charge is 2.46. The average molecular weight is 426 g/mol. The normalized spacial score (nSPS) is 22.9. The molecule has 9 heteroatoms. The summed E-state index contributed by atoms with van der Waals surface area (Å²) in [4.78, 5) is 12.4. The number of thiophene rings is 1. The zero-order valence-corrected chi connectivity index (χ0v) is 16.9. The first kappa shape index (κ1) is 18.9. The molecule has 1 unspecified atom stereocenters. The third kappa shape index (κ3) is 3.77. The second-order valence-corrected chi connectivity index (χ2v) is 10.8. The number of sulfonamides is 1. The molecular weight excluding hydrogens is 406 g/mol. The predicted molar refractivity (Wildman–Crippen MR) is 105 cm³/mol. The van der Waals surface area contributed by atoms with Crippen LogP contribution in [0, 0.1) is 0 Å². The van der Waals surface area contributed by atoms with E-state index in [1.54, 1.807) is 6.07 Å². The molecule has 1 amide bonds. The van der Waals surface area contributed by atoms with Gasteiger partial charge in [0.05, 0.1) is 16.0 Å². The topological polar surface area (TPSA) is 78.5 Å². The molecule has 0 bridgehead atoms. The maximum absolute atomic E-state index is 12.7. The van der Waals surface area contributed by atoms with Crippen molar-refractivity contribution >= 4 is 38.9 Å². The van der Waals surface area contributed by atoms with Crippen molar-refractivity contribution < 1.29 is 13.2 Å². The Bertz CT molecular complexity index is 938. The van der Waals surface area contributed by atoms with Crippen LogP contribution in [0.5, 0.6) is 0 Å². The fraction of sp³-hybridized carbons (Fsp3) is 0.389. The third-order valence-electron chi connectivity index (χ3n) is 5.13. The Hall–Kier alpha value is -1.45. The van der Waals surface area contributed by atoms with E-state index in [1.165, 1.54) is 10.4 Å². The molecule has 0 saturated carbocycles. The van der Waals surface area contributed by atoms with E-state index in [2.05, 4.69) is 10.6 Å². The SMILES string of the molecule is O=C1NC2(CCN(S(=O)(=O)c3ccc(Cl)s3)CC2)NC1Cc1ccccc1. The lowest BCUT2D eigenvalue weighted by Crippen LogP contribution is -2.58. The van der Waals surface area contributed by atoms with Gasteiger partial charge >= 0.3 is 0 Å². The quantitative estimate of drug-likeness (QED) is 0.787. The van der Waals surface area contributed by atoms with Gasteiger partial charge in [0.25, 0.3) is 10.0 Å². The molecule has 27 heavy (non-hydrogen) atoms. The lowest BCUT2D eigenvalue weighted by atomic mass is 9.99. The smallest absolute Gasteiger partial charge is 0.252 e. The van der Waals surface area contributed by atoms with Crippen LogP contribution in [-0.2, 0) is 21.2 Å². The van der Waals surface area contributed by atoms with Crippen molar-refractivity contribution in [2.45, 2.75) is 35.2 Å². The Kier molecular flexibility index (Phi) is 5.02. The Morgan fingerprint density at radius 1 is 1.15 bits per heavy atom. The number of nitrogens with one attached hydrogen (secondary N) is 2. The van der Waals surface area contributed by atoms with E-state index >= 15 is 0 Å². The molecule has 2 aliphatic rings. The molecule has 2 N–H and O–H groups in total. The summed E-state index contributed by atoms with van der Waals surface area (Å²) in [5.74, 6) is -0.0276. The Balaban J connectivity index is 1.42. The van der Waals surface area contributed by atoms with Crippen molar-refractivity contribution in [1.82, 2.24) is 14.9 Å². The van der Waals surface area contributed by atoms with Crippen LogP contribution in [0.3, 0.4) is 0 Å². The molecule has 2 saturated heterocycles. The molecule has 6 nitrogen and oxygen atoms in total. The first-order valence-corrected chi connectivity index (χ1v) is 11.4. The van der Waals surface area contributed by atoms with Crippen LogP contribution >= 0.6 is 22.9 Å². The van der Waals surface area contributed by atoms with E-state index in [0.717, 1.165) is 16.9 Å². The summed E-state index contributed by atoms with van der Waals surface area (Å²) in [5.41, 5.74) is 0.562. The van der Waals surface area contributed by atoms with E-state index in [4.69, 9.17) is 11.6 Å². The van der Waals surface area contributed by atoms with Crippen molar-refractivity contribution in [1.29, 1.82) is 0 Å². The number of carbonyl (C=O) groups is 1. The van der Waals surface area contributed by atoms with E-state index < -0.39 is 15.7 Å².